The SMILES string of the molecule is O=C(O)N(CC1CCCC1)c1cccc(Cc2nn(-c3cc(F)c(F)c(F)c3)ccc2=O)c1. The molecule has 1 heterocycles. The molecule has 6 nitrogen and oxygen atoms in total. The monoisotopic (exact) mass is 457 g/mol. The van der Waals surface area contributed by atoms with Gasteiger partial charge in [0, 0.05) is 43.0 Å². The van der Waals surface area contributed by atoms with Gasteiger partial charge in [-0.3, -0.25) is 9.69 Å². The van der Waals surface area contributed by atoms with E-state index in [0.717, 1.165) is 42.5 Å². The molecular formula is C24H22F3N3O3. The zero-order chi connectivity index (χ0) is 23.5. The Hall–Kier alpha value is -3.62. The van der Waals surface area contributed by atoms with E-state index < -0.39 is 23.5 Å². The molecule has 1 N–H and O–H groups in total. The number of hydrogen-bond donors (Lipinski definition) is 1. The maximum absolute atomic E-state index is 13.6. The highest BCUT2D eigenvalue weighted by Crippen LogP contribution is 2.28. The van der Waals surface area contributed by atoms with Crippen molar-refractivity contribution in [1.82, 2.24) is 9.78 Å². The van der Waals surface area contributed by atoms with Crippen LogP contribution in [0.3, 0.4) is 0 Å². The highest BCUT2D eigenvalue weighted by Gasteiger charge is 2.23. The summed E-state index contributed by atoms with van der Waals surface area (Å²) in [5, 5.41) is 13.9. The second-order valence-corrected chi connectivity index (χ2v) is 8.18. The van der Waals surface area contributed by atoms with Crippen LogP contribution in [0.25, 0.3) is 5.69 Å². The highest BCUT2D eigenvalue weighted by molar-refractivity contribution is 5.86. The third-order valence-corrected chi connectivity index (χ3v) is 5.85. The van der Waals surface area contributed by atoms with Gasteiger partial charge < -0.3 is 5.11 Å². The summed E-state index contributed by atoms with van der Waals surface area (Å²) in [6, 6.07) is 9.62. The lowest BCUT2D eigenvalue weighted by Gasteiger charge is -2.23. The van der Waals surface area contributed by atoms with E-state index in [1.807, 2.05) is 0 Å². The lowest BCUT2D eigenvalue weighted by molar-refractivity contribution is 0.200. The second kappa shape index (κ2) is 9.48. The van der Waals surface area contributed by atoms with E-state index in [2.05, 4.69) is 5.10 Å². The number of rotatable bonds is 6. The number of benzene rings is 2. The topological polar surface area (TPSA) is 75.4 Å². The van der Waals surface area contributed by atoms with Crippen LogP contribution in [0.1, 0.15) is 36.9 Å². The highest BCUT2D eigenvalue weighted by atomic mass is 19.2. The van der Waals surface area contributed by atoms with E-state index >= 15 is 0 Å². The first-order valence-corrected chi connectivity index (χ1v) is 10.6. The molecule has 4 rings (SSSR count). The van der Waals surface area contributed by atoms with Crippen molar-refractivity contribution in [3.63, 3.8) is 0 Å². The number of anilines is 1. The average molecular weight is 457 g/mol. The molecule has 1 aliphatic carbocycles. The first kappa shape index (κ1) is 22.6. The molecular weight excluding hydrogens is 435 g/mol. The zero-order valence-electron chi connectivity index (χ0n) is 17.7. The number of carbonyl (C=O) groups is 1. The first-order valence-electron chi connectivity index (χ1n) is 10.6. The molecule has 0 unspecified atom stereocenters. The van der Waals surface area contributed by atoms with Crippen molar-refractivity contribution in [2.75, 3.05) is 11.4 Å². The number of carboxylic acid groups (broad SMARTS) is 1. The molecule has 0 aliphatic heterocycles. The van der Waals surface area contributed by atoms with Gasteiger partial charge in [-0.25, -0.2) is 22.6 Å². The predicted molar refractivity (Wildman–Crippen MR) is 116 cm³/mol. The van der Waals surface area contributed by atoms with Gasteiger partial charge in [0.15, 0.2) is 17.5 Å². The minimum absolute atomic E-state index is 0.0741. The molecule has 0 atom stereocenters. The van der Waals surface area contributed by atoms with Gasteiger partial charge in [0.2, 0.25) is 5.43 Å². The molecule has 2 aromatic carbocycles. The standard InChI is InChI=1S/C24H22F3N3O3/c25-19-12-18(13-20(26)23(19)27)30-9-8-22(31)21(28-30)11-16-6-3-7-17(10-16)29(24(32)33)14-15-4-1-2-5-15/h3,6-10,12-13,15H,1-2,4-5,11,14H2,(H,32,33). The van der Waals surface area contributed by atoms with Gasteiger partial charge in [-0.1, -0.05) is 25.0 Å². The van der Waals surface area contributed by atoms with Crippen LogP contribution in [0, 0.1) is 23.4 Å². The van der Waals surface area contributed by atoms with E-state index in [-0.39, 0.29) is 23.2 Å². The first-order chi connectivity index (χ1) is 15.8. The summed E-state index contributed by atoms with van der Waals surface area (Å²) < 4.78 is 41.6. The lowest BCUT2D eigenvalue weighted by atomic mass is 10.1. The van der Waals surface area contributed by atoms with Gasteiger partial charge in [0.25, 0.3) is 0 Å². The van der Waals surface area contributed by atoms with Crippen molar-refractivity contribution in [3.8, 4) is 5.69 Å². The van der Waals surface area contributed by atoms with E-state index in [9.17, 15) is 27.9 Å². The molecule has 3 aromatic rings. The number of aromatic nitrogens is 2. The van der Waals surface area contributed by atoms with Crippen LogP contribution in [0.2, 0.25) is 0 Å². The van der Waals surface area contributed by atoms with Gasteiger partial charge in [0.1, 0.15) is 5.69 Å². The van der Waals surface area contributed by atoms with Crippen molar-refractivity contribution in [2.45, 2.75) is 32.1 Å². The minimum Gasteiger partial charge on any atom is -0.465 e. The molecule has 1 aliphatic rings. The molecule has 0 spiro atoms. The largest absolute Gasteiger partial charge is 0.465 e. The van der Waals surface area contributed by atoms with Crippen LogP contribution in [0.4, 0.5) is 23.7 Å². The summed E-state index contributed by atoms with van der Waals surface area (Å²) in [5.41, 5.74) is 0.794. The molecule has 1 aromatic heterocycles. The summed E-state index contributed by atoms with van der Waals surface area (Å²) in [6.07, 6.45) is 4.49. The molecule has 172 valence electrons. The van der Waals surface area contributed by atoms with Crippen LogP contribution in [0.15, 0.2) is 53.5 Å². The Morgan fingerprint density at radius 1 is 1.09 bits per heavy atom. The Morgan fingerprint density at radius 2 is 1.79 bits per heavy atom. The van der Waals surface area contributed by atoms with Crippen LogP contribution in [-0.4, -0.2) is 27.5 Å². The summed E-state index contributed by atoms with van der Waals surface area (Å²) >= 11 is 0. The molecule has 0 bridgehead atoms. The fraction of sp³-hybridized carbons (Fsp3) is 0.292. The maximum Gasteiger partial charge on any atom is 0.411 e. The summed E-state index contributed by atoms with van der Waals surface area (Å²) in [4.78, 5) is 25.5. The van der Waals surface area contributed by atoms with Crippen molar-refractivity contribution in [3.05, 3.63) is 87.6 Å². The number of nitrogens with zero attached hydrogens (tertiary/aromatic N) is 3. The van der Waals surface area contributed by atoms with E-state index in [1.54, 1.807) is 24.3 Å². The van der Waals surface area contributed by atoms with Crippen LogP contribution in [0.5, 0.6) is 0 Å². The molecule has 1 amide bonds. The van der Waals surface area contributed by atoms with E-state index in [1.165, 1.54) is 17.2 Å². The molecule has 0 saturated heterocycles. The van der Waals surface area contributed by atoms with Gasteiger partial charge >= 0.3 is 6.09 Å². The van der Waals surface area contributed by atoms with Crippen LogP contribution in [-0.2, 0) is 6.42 Å². The average Bonchev–Trinajstić information content (AvgIpc) is 3.30. The second-order valence-electron chi connectivity index (χ2n) is 8.18. The molecule has 9 heteroatoms. The van der Waals surface area contributed by atoms with Gasteiger partial charge in [-0.2, -0.15) is 5.10 Å². The van der Waals surface area contributed by atoms with Gasteiger partial charge in [-0.05, 0) is 36.5 Å². The summed E-state index contributed by atoms with van der Waals surface area (Å²) in [6.45, 7) is 0.414. The summed E-state index contributed by atoms with van der Waals surface area (Å²) in [7, 11) is 0. The Morgan fingerprint density at radius 3 is 2.45 bits per heavy atom. The molecule has 33 heavy (non-hydrogen) atoms. The summed E-state index contributed by atoms with van der Waals surface area (Å²) in [5.74, 6) is -3.99. The van der Waals surface area contributed by atoms with Crippen molar-refractivity contribution in [2.24, 2.45) is 5.92 Å². The van der Waals surface area contributed by atoms with E-state index in [4.69, 9.17) is 0 Å². The van der Waals surface area contributed by atoms with Gasteiger partial charge in [-0.15, -0.1) is 0 Å². The Bertz CT molecular complexity index is 1220. The zero-order valence-corrected chi connectivity index (χ0v) is 17.7. The molecule has 1 saturated carbocycles. The van der Waals surface area contributed by atoms with Crippen LogP contribution < -0.4 is 10.3 Å². The minimum atomic E-state index is -1.59. The van der Waals surface area contributed by atoms with Crippen molar-refractivity contribution in [1.29, 1.82) is 0 Å². The maximum atomic E-state index is 13.6. The fourth-order valence-electron chi connectivity index (χ4n) is 4.16. The van der Waals surface area contributed by atoms with Gasteiger partial charge in [0.05, 0.1) is 5.69 Å². The Kier molecular flexibility index (Phi) is 6.48. The molecule has 1 fully saturated rings. The number of halogens is 3. The Labute approximate surface area is 187 Å². The number of hydrogen-bond acceptors (Lipinski definition) is 3. The quantitative estimate of drug-likeness (QED) is 0.534. The predicted octanol–water partition coefficient (Wildman–Crippen LogP) is 4.92. The third-order valence-electron chi connectivity index (χ3n) is 5.85. The lowest BCUT2D eigenvalue weighted by Crippen LogP contribution is -2.33. The Balaban J connectivity index is 1.61. The van der Waals surface area contributed by atoms with Crippen molar-refractivity contribution < 1.29 is 23.1 Å². The van der Waals surface area contributed by atoms with Crippen LogP contribution >= 0.6 is 0 Å². The number of amides is 1. The molecule has 0 radical (unpaired) electrons. The normalized spacial score (nSPS) is 13.9. The third kappa shape index (κ3) is 5.08. The van der Waals surface area contributed by atoms with E-state index in [0.29, 0.717) is 23.7 Å². The smallest absolute Gasteiger partial charge is 0.411 e. The fourth-order valence-corrected chi connectivity index (χ4v) is 4.16. The van der Waals surface area contributed by atoms with Crippen molar-refractivity contribution >= 4 is 11.8 Å².